The van der Waals surface area contributed by atoms with E-state index in [0.29, 0.717) is 85.9 Å². The Kier molecular flexibility index (Phi) is 18.3. The highest BCUT2D eigenvalue weighted by Crippen LogP contribution is 2.26. The molecule has 0 N–H and O–H groups in total. The predicted molar refractivity (Wildman–Crippen MR) is 116 cm³/mol. The van der Waals surface area contributed by atoms with Gasteiger partial charge in [0.2, 0.25) is 0 Å². The number of hydrogen-bond donors (Lipinski definition) is 0. The summed E-state index contributed by atoms with van der Waals surface area (Å²) in [7, 11) is 3.30. The standard InChI is InChI=1S/C21H35BrO8/c1-23-5-7-25-9-11-27-13-14-29-18-19-3-4-20(22)21(17-19)30-16-15-28-12-10-26-8-6-24-2/h3-4,17H,5-16,18H2,1-2H3. The van der Waals surface area contributed by atoms with Crippen LogP contribution in [0.2, 0.25) is 0 Å². The van der Waals surface area contributed by atoms with E-state index >= 15 is 0 Å². The number of ether oxygens (including phenoxy) is 8. The molecule has 0 bridgehead atoms. The second kappa shape index (κ2) is 20.1. The number of halogens is 1. The second-order valence-corrected chi connectivity index (χ2v) is 6.96. The zero-order valence-corrected chi connectivity index (χ0v) is 19.7. The van der Waals surface area contributed by atoms with Crippen molar-refractivity contribution in [3.8, 4) is 5.75 Å². The Morgan fingerprint density at radius 3 is 1.60 bits per heavy atom. The summed E-state index contributed by atoms with van der Waals surface area (Å²) in [4.78, 5) is 0. The minimum Gasteiger partial charge on any atom is -0.490 e. The van der Waals surface area contributed by atoms with Crippen molar-refractivity contribution in [2.24, 2.45) is 0 Å². The highest BCUT2D eigenvalue weighted by molar-refractivity contribution is 9.10. The van der Waals surface area contributed by atoms with E-state index in [2.05, 4.69) is 15.9 Å². The third-order valence-electron chi connectivity index (χ3n) is 3.73. The van der Waals surface area contributed by atoms with E-state index in [0.717, 1.165) is 15.8 Å². The summed E-state index contributed by atoms with van der Waals surface area (Å²) in [6, 6.07) is 5.91. The number of hydrogen-bond acceptors (Lipinski definition) is 8. The van der Waals surface area contributed by atoms with Crippen LogP contribution in [-0.2, 0) is 39.8 Å². The maximum Gasteiger partial charge on any atom is 0.133 e. The molecule has 30 heavy (non-hydrogen) atoms. The summed E-state index contributed by atoms with van der Waals surface area (Å²) in [6.45, 7) is 7.02. The molecule has 174 valence electrons. The maximum atomic E-state index is 5.79. The minimum atomic E-state index is 0.460. The second-order valence-electron chi connectivity index (χ2n) is 6.10. The van der Waals surface area contributed by atoms with Gasteiger partial charge in [-0.25, -0.2) is 0 Å². The first-order chi connectivity index (χ1) is 14.8. The monoisotopic (exact) mass is 494 g/mol. The smallest absolute Gasteiger partial charge is 0.133 e. The lowest BCUT2D eigenvalue weighted by molar-refractivity contribution is 0.000830. The molecule has 0 aromatic heterocycles. The molecule has 8 nitrogen and oxygen atoms in total. The van der Waals surface area contributed by atoms with Crippen LogP contribution < -0.4 is 4.74 Å². The number of rotatable bonds is 21. The number of benzene rings is 1. The van der Waals surface area contributed by atoms with Gasteiger partial charge < -0.3 is 37.9 Å². The van der Waals surface area contributed by atoms with Gasteiger partial charge in [-0.2, -0.15) is 0 Å². The van der Waals surface area contributed by atoms with Crippen LogP contribution in [0.4, 0.5) is 0 Å². The van der Waals surface area contributed by atoms with E-state index in [1.54, 1.807) is 14.2 Å². The van der Waals surface area contributed by atoms with Crippen molar-refractivity contribution >= 4 is 15.9 Å². The first-order valence-corrected chi connectivity index (χ1v) is 10.8. The predicted octanol–water partition coefficient (Wildman–Crippen LogP) is 2.70. The lowest BCUT2D eigenvalue weighted by Crippen LogP contribution is -2.12. The summed E-state index contributed by atoms with van der Waals surface area (Å²) >= 11 is 3.50. The Balaban J connectivity index is 2.07. The molecule has 0 radical (unpaired) electrons. The maximum absolute atomic E-state index is 5.79. The average molecular weight is 495 g/mol. The van der Waals surface area contributed by atoms with Gasteiger partial charge in [-0.3, -0.25) is 0 Å². The molecule has 1 rings (SSSR count). The normalized spacial score (nSPS) is 11.2. The first-order valence-electron chi connectivity index (χ1n) is 10.1. The van der Waals surface area contributed by atoms with Crippen molar-refractivity contribution in [2.75, 3.05) is 93.5 Å². The van der Waals surface area contributed by atoms with Crippen LogP contribution >= 0.6 is 15.9 Å². The summed E-state index contributed by atoms with van der Waals surface area (Å²) in [5.74, 6) is 0.764. The topological polar surface area (TPSA) is 73.8 Å². The van der Waals surface area contributed by atoms with E-state index in [1.807, 2.05) is 18.2 Å². The average Bonchev–Trinajstić information content (AvgIpc) is 2.75. The van der Waals surface area contributed by atoms with Crippen LogP contribution in [0.3, 0.4) is 0 Å². The molecule has 0 spiro atoms. The Bertz CT molecular complexity index is 518. The van der Waals surface area contributed by atoms with Gasteiger partial charge in [0.15, 0.2) is 0 Å². The zero-order valence-electron chi connectivity index (χ0n) is 18.1. The highest BCUT2D eigenvalue weighted by Gasteiger charge is 2.04. The Hall–Kier alpha value is -0.780. The third-order valence-corrected chi connectivity index (χ3v) is 4.38. The van der Waals surface area contributed by atoms with Crippen LogP contribution in [0.1, 0.15) is 5.56 Å². The Morgan fingerprint density at radius 1 is 0.600 bits per heavy atom. The van der Waals surface area contributed by atoms with Crippen LogP contribution in [-0.4, -0.2) is 93.5 Å². The molecule has 0 amide bonds. The lowest BCUT2D eigenvalue weighted by atomic mass is 10.2. The van der Waals surface area contributed by atoms with Crippen LogP contribution in [0.25, 0.3) is 0 Å². The van der Waals surface area contributed by atoms with Crippen molar-refractivity contribution in [1.29, 1.82) is 0 Å². The molecular formula is C21H35BrO8. The van der Waals surface area contributed by atoms with Gasteiger partial charge in [-0.05, 0) is 33.6 Å². The van der Waals surface area contributed by atoms with Crippen molar-refractivity contribution < 1.29 is 37.9 Å². The van der Waals surface area contributed by atoms with Gasteiger partial charge in [0, 0.05) is 14.2 Å². The van der Waals surface area contributed by atoms with Crippen LogP contribution in [0.5, 0.6) is 5.75 Å². The van der Waals surface area contributed by atoms with Crippen molar-refractivity contribution in [2.45, 2.75) is 6.61 Å². The molecule has 1 aromatic rings. The summed E-state index contributed by atoms with van der Waals surface area (Å²) in [5, 5.41) is 0. The molecule has 0 saturated heterocycles. The van der Waals surface area contributed by atoms with Gasteiger partial charge in [0.1, 0.15) is 12.4 Å². The Morgan fingerprint density at radius 2 is 1.07 bits per heavy atom. The van der Waals surface area contributed by atoms with E-state index in [9.17, 15) is 0 Å². The fraction of sp³-hybridized carbons (Fsp3) is 0.714. The van der Waals surface area contributed by atoms with E-state index in [1.165, 1.54) is 0 Å². The summed E-state index contributed by atoms with van der Waals surface area (Å²) in [6.07, 6.45) is 0. The Labute approximate surface area is 188 Å². The fourth-order valence-corrected chi connectivity index (χ4v) is 2.56. The molecule has 0 fully saturated rings. The van der Waals surface area contributed by atoms with Crippen molar-refractivity contribution in [3.63, 3.8) is 0 Å². The van der Waals surface area contributed by atoms with Gasteiger partial charge in [-0.1, -0.05) is 6.07 Å². The fourth-order valence-electron chi connectivity index (χ4n) is 2.20. The molecule has 0 unspecified atom stereocenters. The van der Waals surface area contributed by atoms with Crippen LogP contribution in [0, 0.1) is 0 Å². The van der Waals surface area contributed by atoms with Crippen LogP contribution in [0.15, 0.2) is 22.7 Å². The summed E-state index contributed by atoms with van der Waals surface area (Å²) < 4.78 is 43.7. The molecule has 0 saturated carbocycles. The van der Waals surface area contributed by atoms with Gasteiger partial charge >= 0.3 is 0 Å². The quantitative estimate of drug-likeness (QED) is 0.241. The molecule has 0 heterocycles. The molecule has 0 aliphatic carbocycles. The summed E-state index contributed by atoms with van der Waals surface area (Å²) in [5.41, 5.74) is 1.03. The largest absolute Gasteiger partial charge is 0.490 e. The minimum absolute atomic E-state index is 0.460. The van der Waals surface area contributed by atoms with Gasteiger partial charge in [-0.15, -0.1) is 0 Å². The van der Waals surface area contributed by atoms with E-state index < -0.39 is 0 Å². The van der Waals surface area contributed by atoms with Gasteiger partial charge in [0.25, 0.3) is 0 Å². The molecule has 0 aliphatic rings. The van der Waals surface area contributed by atoms with Gasteiger partial charge in [0.05, 0.1) is 83.8 Å². The zero-order chi connectivity index (χ0) is 21.7. The van der Waals surface area contributed by atoms with Crippen molar-refractivity contribution in [1.82, 2.24) is 0 Å². The van der Waals surface area contributed by atoms with Crippen molar-refractivity contribution in [3.05, 3.63) is 28.2 Å². The molecular weight excluding hydrogens is 460 g/mol. The SMILES string of the molecule is COCCOCCOCCOCc1ccc(Br)c(OCCOCCOCCOC)c1. The lowest BCUT2D eigenvalue weighted by Gasteiger charge is -2.11. The molecule has 0 atom stereocenters. The number of methoxy groups -OCH3 is 2. The van der Waals surface area contributed by atoms with E-state index in [-0.39, 0.29) is 0 Å². The van der Waals surface area contributed by atoms with E-state index in [4.69, 9.17) is 37.9 Å². The first kappa shape index (κ1) is 27.3. The highest BCUT2D eigenvalue weighted by atomic mass is 79.9. The third kappa shape index (κ3) is 15.1. The molecule has 1 aromatic carbocycles. The molecule has 0 aliphatic heterocycles. The molecule has 9 heteroatoms.